The highest BCUT2D eigenvalue weighted by atomic mass is 79.9. The van der Waals surface area contributed by atoms with E-state index in [4.69, 9.17) is 0 Å². The lowest BCUT2D eigenvalue weighted by molar-refractivity contribution is 0.277. The molecule has 3 aromatic rings. The van der Waals surface area contributed by atoms with Gasteiger partial charge in [-0.1, -0.05) is 0 Å². The fourth-order valence-electron chi connectivity index (χ4n) is 2.94. The third kappa shape index (κ3) is 2.07. The largest absolute Gasteiger partial charge is 0.390 e. The van der Waals surface area contributed by atoms with Crippen LogP contribution < -0.4 is 0 Å². The van der Waals surface area contributed by atoms with Gasteiger partial charge in [0.15, 0.2) is 5.65 Å². The summed E-state index contributed by atoms with van der Waals surface area (Å²) in [7, 11) is 3.89. The number of hydrogen-bond acceptors (Lipinski definition) is 4. The van der Waals surface area contributed by atoms with Gasteiger partial charge in [0.1, 0.15) is 10.4 Å². The first-order chi connectivity index (χ1) is 10.6. The number of fused-ring (bicyclic) bond motifs is 1. The number of aliphatic hydroxyl groups is 1. The Kier molecular flexibility index (Phi) is 3.09. The van der Waals surface area contributed by atoms with Crippen LogP contribution in [0.15, 0.2) is 16.9 Å². The zero-order valence-corrected chi connectivity index (χ0v) is 14.0. The first kappa shape index (κ1) is 13.9. The third-order valence-electron chi connectivity index (χ3n) is 4.14. The van der Waals surface area contributed by atoms with Crippen LogP contribution in [0.1, 0.15) is 30.1 Å². The molecular weight excluding hydrogens is 346 g/mol. The minimum absolute atomic E-state index is 0.134. The second-order valence-corrected chi connectivity index (χ2v) is 6.55. The Hall–Kier alpha value is -1.73. The van der Waals surface area contributed by atoms with Crippen molar-refractivity contribution in [3.05, 3.63) is 28.3 Å². The van der Waals surface area contributed by atoms with Crippen LogP contribution in [0.2, 0.25) is 0 Å². The molecule has 0 atom stereocenters. The Morgan fingerprint density at radius 1 is 1.32 bits per heavy atom. The molecule has 4 rings (SSSR count). The summed E-state index contributed by atoms with van der Waals surface area (Å²) < 4.78 is 4.73. The molecule has 0 aromatic carbocycles. The molecule has 0 unspecified atom stereocenters. The Bertz CT molecular complexity index is 878. The predicted octanol–water partition coefficient (Wildman–Crippen LogP) is 2.50. The average Bonchev–Trinajstić information content (AvgIpc) is 3.17. The summed E-state index contributed by atoms with van der Waals surface area (Å²) in [6.45, 7) is -0.134. The molecule has 22 heavy (non-hydrogen) atoms. The van der Waals surface area contributed by atoms with Crippen molar-refractivity contribution in [2.24, 2.45) is 14.1 Å². The van der Waals surface area contributed by atoms with E-state index in [0.29, 0.717) is 17.3 Å². The average molecular weight is 362 g/mol. The van der Waals surface area contributed by atoms with Crippen LogP contribution in [0.3, 0.4) is 0 Å². The number of halogens is 1. The van der Waals surface area contributed by atoms with Gasteiger partial charge in [-0.05, 0) is 34.8 Å². The zero-order chi connectivity index (χ0) is 15.4. The van der Waals surface area contributed by atoms with Crippen molar-refractivity contribution >= 4 is 27.0 Å². The number of aryl methyl sites for hydroxylation is 1. The van der Waals surface area contributed by atoms with Gasteiger partial charge >= 0.3 is 0 Å². The summed E-state index contributed by atoms with van der Waals surface area (Å²) in [4.78, 5) is 9.15. The van der Waals surface area contributed by atoms with E-state index < -0.39 is 0 Å². The number of pyridine rings is 1. The summed E-state index contributed by atoms with van der Waals surface area (Å²) in [6, 6.07) is 2.01. The highest BCUT2D eigenvalue weighted by molar-refractivity contribution is 9.10. The van der Waals surface area contributed by atoms with E-state index in [1.165, 1.54) is 18.5 Å². The van der Waals surface area contributed by atoms with Gasteiger partial charge in [0.05, 0.1) is 18.0 Å². The first-order valence-corrected chi connectivity index (χ1v) is 8.04. The van der Waals surface area contributed by atoms with Gasteiger partial charge in [-0.15, -0.1) is 0 Å². The molecule has 1 aliphatic rings. The van der Waals surface area contributed by atoms with Crippen LogP contribution in [0.4, 0.5) is 0 Å². The van der Waals surface area contributed by atoms with Gasteiger partial charge in [-0.3, -0.25) is 4.68 Å². The molecule has 7 heteroatoms. The van der Waals surface area contributed by atoms with E-state index in [-0.39, 0.29) is 6.61 Å². The molecule has 0 aliphatic heterocycles. The lowest BCUT2D eigenvalue weighted by Gasteiger charge is -2.08. The highest BCUT2D eigenvalue weighted by Gasteiger charge is 2.31. The standard InChI is InChI=1S/C15H16BrN5O/c1-20-6-9-5-10(11(7-22)17-14(9)19-20)15-18-13(16)12(21(15)2)8-3-4-8/h5-6,8,22H,3-4,7H2,1-2H3. The van der Waals surface area contributed by atoms with E-state index in [1.807, 2.05) is 26.4 Å². The van der Waals surface area contributed by atoms with Crippen LogP contribution in [-0.2, 0) is 20.7 Å². The van der Waals surface area contributed by atoms with E-state index in [2.05, 4.69) is 35.6 Å². The normalized spacial score (nSPS) is 14.9. The maximum atomic E-state index is 9.69. The molecule has 1 fully saturated rings. The molecule has 1 aliphatic carbocycles. The summed E-state index contributed by atoms with van der Waals surface area (Å²) in [5, 5.41) is 14.9. The molecule has 1 N–H and O–H groups in total. The SMILES string of the molecule is Cn1cc2cc(-c3nc(Br)c(C4CC4)n3C)c(CO)nc2n1. The Labute approximate surface area is 135 Å². The number of imidazole rings is 1. The molecular formula is C15H16BrN5O. The minimum Gasteiger partial charge on any atom is -0.390 e. The maximum absolute atomic E-state index is 9.69. The van der Waals surface area contributed by atoms with Gasteiger partial charge in [-0.25, -0.2) is 9.97 Å². The fourth-order valence-corrected chi connectivity index (χ4v) is 3.70. The molecule has 0 amide bonds. The van der Waals surface area contributed by atoms with E-state index in [0.717, 1.165) is 21.4 Å². The number of hydrogen-bond donors (Lipinski definition) is 1. The maximum Gasteiger partial charge on any atom is 0.181 e. The quantitative estimate of drug-likeness (QED) is 0.777. The summed E-state index contributed by atoms with van der Waals surface area (Å²) >= 11 is 3.57. The molecule has 114 valence electrons. The Morgan fingerprint density at radius 3 is 2.77 bits per heavy atom. The molecule has 0 radical (unpaired) electrons. The molecule has 0 bridgehead atoms. The predicted molar refractivity (Wildman–Crippen MR) is 86.3 cm³/mol. The van der Waals surface area contributed by atoms with Crippen LogP contribution in [0.5, 0.6) is 0 Å². The summed E-state index contributed by atoms with van der Waals surface area (Å²) in [5.41, 5.74) is 3.34. The second-order valence-electron chi connectivity index (χ2n) is 5.80. The lowest BCUT2D eigenvalue weighted by Crippen LogP contribution is -2.02. The van der Waals surface area contributed by atoms with Gasteiger partial charge < -0.3 is 9.67 Å². The van der Waals surface area contributed by atoms with Crippen molar-refractivity contribution in [3.8, 4) is 11.4 Å². The van der Waals surface area contributed by atoms with E-state index in [9.17, 15) is 5.11 Å². The van der Waals surface area contributed by atoms with Crippen molar-refractivity contribution in [1.82, 2.24) is 24.3 Å². The molecule has 3 aromatic heterocycles. The summed E-state index contributed by atoms with van der Waals surface area (Å²) in [5.74, 6) is 1.42. The lowest BCUT2D eigenvalue weighted by atomic mass is 10.1. The Balaban J connectivity index is 1.94. The Morgan fingerprint density at radius 2 is 2.09 bits per heavy atom. The third-order valence-corrected chi connectivity index (χ3v) is 4.72. The minimum atomic E-state index is -0.134. The highest BCUT2D eigenvalue weighted by Crippen LogP contribution is 2.44. The van der Waals surface area contributed by atoms with Crippen molar-refractivity contribution < 1.29 is 5.11 Å². The number of rotatable bonds is 3. The fraction of sp³-hybridized carbons (Fsp3) is 0.400. The van der Waals surface area contributed by atoms with Gasteiger partial charge in [-0.2, -0.15) is 5.10 Å². The van der Waals surface area contributed by atoms with Gasteiger partial charge in [0, 0.05) is 37.2 Å². The van der Waals surface area contributed by atoms with Gasteiger partial charge in [0.25, 0.3) is 0 Å². The number of aliphatic hydroxyl groups excluding tert-OH is 1. The molecule has 3 heterocycles. The van der Waals surface area contributed by atoms with Crippen molar-refractivity contribution in [1.29, 1.82) is 0 Å². The van der Waals surface area contributed by atoms with E-state index >= 15 is 0 Å². The van der Waals surface area contributed by atoms with Crippen molar-refractivity contribution in [2.45, 2.75) is 25.4 Å². The van der Waals surface area contributed by atoms with Crippen LogP contribution >= 0.6 is 15.9 Å². The van der Waals surface area contributed by atoms with Crippen LogP contribution in [0, 0.1) is 0 Å². The first-order valence-electron chi connectivity index (χ1n) is 7.25. The molecule has 0 saturated heterocycles. The molecule has 6 nitrogen and oxygen atoms in total. The summed E-state index contributed by atoms with van der Waals surface area (Å²) in [6.07, 6.45) is 4.35. The second kappa shape index (κ2) is 4.89. The number of nitrogens with zero attached hydrogens (tertiary/aromatic N) is 5. The molecule has 1 saturated carbocycles. The van der Waals surface area contributed by atoms with Crippen LogP contribution in [-0.4, -0.2) is 29.4 Å². The van der Waals surface area contributed by atoms with E-state index in [1.54, 1.807) is 4.68 Å². The molecule has 0 spiro atoms. The van der Waals surface area contributed by atoms with Gasteiger partial charge in [0.2, 0.25) is 0 Å². The topological polar surface area (TPSA) is 68.8 Å². The number of aromatic nitrogens is 5. The monoisotopic (exact) mass is 361 g/mol. The van der Waals surface area contributed by atoms with Crippen molar-refractivity contribution in [3.63, 3.8) is 0 Å². The smallest absolute Gasteiger partial charge is 0.181 e. The van der Waals surface area contributed by atoms with Crippen molar-refractivity contribution in [2.75, 3.05) is 0 Å². The zero-order valence-electron chi connectivity index (χ0n) is 12.4. The van der Waals surface area contributed by atoms with Crippen LogP contribution in [0.25, 0.3) is 22.4 Å².